The summed E-state index contributed by atoms with van der Waals surface area (Å²) in [6.07, 6.45) is 0.629. The average molecular weight is 237 g/mol. The summed E-state index contributed by atoms with van der Waals surface area (Å²) < 4.78 is 5.24. The molecule has 0 aliphatic heterocycles. The zero-order valence-corrected chi connectivity index (χ0v) is 11.2. The van der Waals surface area contributed by atoms with Crippen molar-refractivity contribution in [3.05, 3.63) is 29.8 Å². The van der Waals surface area contributed by atoms with Gasteiger partial charge in [-0.25, -0.2) is 0 Å². The van der Waals surface area contributed by atoms with Gasteiger partial charge in [-0.15, -0.1) is 0 Å². The van der Waals surface area contributed by atoms with Crippen molar-refractivity contribution < 1.29 is 9.84 Å². The largest absolute Gasteiger partial charge is 0.497 e. The maximum atomic E-state index is 9.27. The predicted octanol–water partition coefficient (Wildman–Crippen LogP) is 2.07. The zero-order chi connectivity index (χ0) is 13.1. The molecule has 0 saturated heterocycles. The first kappa shape index (κ1) is 14.0. The second-order valence-electron chi connectivity index (χ2n) is 5.26. The van der Waals surface area contributed by atoms with E-state index in [0.717, 1.165) is 11.3 Å². The lowest BCUT2D eigenvalue weighted by atomic mass is 9.67. The van der Waals surface area contributed by atoms with Crippen LogP contribution in [0.2, 0.25) is 0 Å². The Morgan fingerprint density at radius 1 is 1.29 bits per heavy atom. The number of nitrogens with two attached hydrogens (primary N) is 1. The van der Waals surface area contributed by atoms with Gasteiger partial charge in [-0.1, -0.05) is 19.1 Å². The molecule has 3 N–H and O–H groups in total. The first-order chi connectivity index (χ1) is 7.85. The van der Waals surface area contributed by atoms with Gasteiger partial charge in [0.15, 0.2) is 0 Å². The normalized spacial score (nSPS) is 15.4. The Hall–Kier alpha value is -1.06. The van der Waals surface area contributed by atoms with Crippen LogP contribution in [-0.2, 0) is 5.41 Å². The third kappa shape index (κ3) is 2.79. The molecule has 0 aliphatic carbocycles. The number of aliphatic hydroxyl groups is 1. The summed E-state index contributed by atoms with van der Waals surface area (Å²) in [5.41, 5.74) is 6.67. The lowest BCUT2D eigenvalue weighted by Gasteiger charge is -2.42. The van der Waals surface area contributed by atoms with Crippen molar-refractivity contribution in [2.75, 3.05) is 13.7 Å². The molecule has 0 fully saturated rings. The number of hydrogen-bond acceptors (Lipinski definition) is 3. The number of aliphatic hydroxyl groups excluding tert-OH is 1. The molecule has 0 amide bonds. The number of methoxy groups -OCH3 is 1. The van der Waals surface area contributed by atoms with Crippen LogP contribution in [0.5, 0.6) is 5.75 Å². The maximum Gasteiger partial charge on any atom is 0.119 e. The summed E-state index contributed by atoms with van der Waals surface area (Å²) in [5, 5.41) is 9.27. The Kier molecular flexibility index (Phi) is 4.17. The van der Waals surface area contributed by atoms with Crippen LogP contribution in [0.1, 0.15) is 32.8 Å². The summed E-state index contributed by atoms with van der Waals surface area (Å²) in [6.45, 7) is 6.18. The molecule has 1 rings (SSSR count). The minimum absolute atomic E-state index is 0.119. The number of rotatable bonds is 5. The highest BCUT2D eigenvalue weighted by molar-refractivity contribution is 5.36. The Bertz CT molecular complexity index is 371. The minimum Gasteiger partial charge on any atom is -0.497 e. The summed E-state index contributed by atoms with van der Waals surface area (Å²) in [4.78, 5) is 0. The van der Waals surface area contributed by atoms with Crippen molar-refractivity contribution in [2.24, 2.45) is 5.73 Å². The van der Waals surface area contributed by atoms with Crippen LogP contribution in [0.3, 0.4) is 0 Å². The van der Waals surface area contributed by atoms with Crippen molar-refractivity contribution in [2.45, 2.75) is 38.1 Å². The Morgan fingerprint density at radius 3 is 2.41 bits per heavy atom. The predicted molar refractivity (Wildman–Crippen MR) is 70.3 cm³/mol. The molecule has 0 aliphatic rings. The van der Waals surface area contributed by atoms with E-state index in [1.807, 2.05) is 38.1 Å². The van der Waals surface area contributed by atoms with Gasteiger partial charge in [0.05, 0.1) is 7.11 Å². The first-order valence-electron chi connectivity index (χ1n) is 5.89. The fourth-order valence-electron chi connectivity index (χ4n) is 2.03. The smallest absolute Gasteiger partial charge is 0.119 e. The molecule has 0 heterocycles. The molecule has 0 spiro atoms. The second kappa shape index (κ2) is 5.07. The Labute approximate surface area is 104 Å². The van der Waals surface area contributed by atoms with Crippen LogP contribution < -0.4 is 10.5 Å². The van der Waals surface area contributed by atoms with Crippen LogP contribution in [0, 0.1) is 0 Å². The summed E-state index contributed by atoms with van der Waals surface area (Å²) in [5.74, 6) is 0.816. The topological polar surface area (TPSA) is 55.5 Å². The number of hydrogen-bond donors (Lipinski definition) is 2. The molecule has 1 aromatic rings. The molecule has 1 unspecified atom stereocenters. The van der Waals surface area contributed by atoms with Crippen LogP contribution in [0.4, 0.5) is 0 Å². The van der Waals surface area contributed by atoms with Crippen molar-refractivity contribution >= 4 is 0 Å². The molecule has 1 aromatic carbocycles. The highest BCUT2D eigenvalue weighted by Crippen LogP contribution is 2.37. The standard InChI is InChI=1S/C14H23NO2/c1-13(2,15)14(3,8-9-16)11-6-5-7-12(10-11)17-4/h5-7,10,16H,8-9,15H2,1-4H3. The van der Waals surface area contributed by atoms with Gasteiger partial charge in [0.25, 0.3) is 0 Å². The molecule has 3 nitrogen and oxygen atoms in total. The summed E-state index contributed by atoms with van der Waals surface area (Å²) >= 11 is 0. The third-order valence-electron chi connectivity index (χ3n) is 3.74. The van der Waals surface area contributed by atoms with E-state index in [0.29, 0.717) is 6.42 Å². The second-order valence-corrected chi connectivity index (χ2v) is 5.26. The quantitative estimate of drug-likeness (QED) is 0.824. The van der Waals surface area contributed by atoms with Gasteiger partial charge < -0.3 is 15.6 Å². The van der Waals surface area contributed by atoms with Crippen molar-refractivity contribution in [3.63, 3.8) is 0 Å². The third-order valence-corrected chi connectivity index (χ3v) is 3.74. The van der Waals surface area contributed by atoms with E-state index in [9.17, 15) is 5.11 Å². The van der Waals surface area contributed by atoms with E-state index >= 15 is 0 Å². The lowest BCUT2D eigenvalue weighted by molar-refractivity contribution is 0.190. The lowest BCUT2D eigenvalue weighted by Crippen LogP contribution is -2.52. The molecule has 96 valence electrons. The van der Waals surface area contributed by atoms with Crippen molar-refractivity contribution in [1.29, 1.82) is 0 Å². The Balaban J connectivity index is 3.22. The monoisotopic (exact) mass is 237 g/mol. The van der Waals surface area contributed by atoms with E-state index in [-0.39, 0.29) is 12.0 Å². The van der Waals surface area contributed by atoms with Gasteiger partial charge in [0.1, 0.15) is 5.75 Å². The van der Waals surface area contributed by atoms with E-state index in [1.165, 1.54) is 0 Å². The van der Waals surface area contributed by atoms with Crippen molar-refractivity contribution in [3.8, 4) is 5.75 Å². The SMILES string of the molecule is COc1cccc(C(C)(CCO)C(C)(C)N)c1. The molecule has 0 saturated carbocycles. The minimum atomic E-state index is -0.415. The first-order valence-corrected chi connectivity index (χ1v) is 5.89. The van der Waals surface area contributed by atoms with Gasteiger partial charge in [-0.2, -0.15) is 0 Å². The highest BCUT2D eigenvalue weighted by Gasteiger charge is 2.39. The molecular formula is C14H23NO2. The number of benzene rings is 1. The van der Waals surface area contributed by atoms with Gasteiger partial charge >= 0.3 is 0 Å². The number of ether oxygens (including phenoxy) is 1. The van der Waals surface area contributed by atoms with Crippen molar-refractivity contribution in [1.82, 2.24) is 0 Å². The van der Waals surface area contributed by atoms with E-state index < -0.39 is 5.54 Å². The molecule has 0 bridgehead atoms. The van der Waals surface area contributed by atoms with E-state index in [1.54, 1.807) is 7.11 Å². The molecule has 0 radical (unpaired) electrons. The summed E-state index contributed by atoms with van der Waals surface area (Å²) in [6, 6.07) is 7.89. The molecular weight excluding hydrogens is 214 g/mol. The fraction of sp³-hybridized carbons (Fsp3) is 0.571. The maximum absolute atomic E-state index is 9.27. The van der Waals surface area contributed by atoms with Crippen LogP contribution in [-0.4, -0.2) is 24.4 Å². The van der Waals surface area contributed by atoms with E-state index in [4.69, 9.17) is 10.5 Å². The Morgan fingerprint density at radius 2 is 1.94 bits per heavy atom. The highest BCUT2D eigenvalue weighted by atomic mass is 16.5. The molecule has 0 aromatic heterocycles. The van der Waals surface area contributed by atoms with Gasteiger partial charge in [-0.05, 0) is 38.0 Å². The average Bonchev–Trinajstić information content (AvgIpc) is 2.28. The van der Waals surface area contributed by atoms with Gasteiger partial charge in [0.2, 0.25) is 0 Å². The zero-order valence-electron chi connectivity index (χ0n) is 11.2. The molecule has 3 heteroatoms. The van der Waals surface area contributed by atoms with E-state index in [2.05, 4.69) is 6.92 Å². The molecule has 1 atom stereocenters. The molecule has 17 heavy (non-hydrogen) atoms. The van der Waals surface area contributed by atoms with Gasteiger partial charge in [0, 0.05) is 17.6 Å². The van der Waals surface area contributed by atoms with Gasteiger partial charge in [-0.3, -0.25) is 0 Å². The van der Waals surface area contributed by atoms with Crippen LogP contribution >= 0.6 is 0 Å². The van der Waals surface area contributed by atoms with Crippen LogP contribution in [0.25, 0.3) is 0 Å². The fourth-order valence-corrected chi connectivity index (χ4v) is 2.03. The van der Waals surface area contributed by atoms with Crippen LogP contribution in [0.15, 0.2) is 24.3 Å². The summed E-state index contributed by atoms with van der Waals surface area (Å²) in [7, 11) is 1.65.